The first-order valence-electron chi connectivity index (χ1n) is 6.23. The van der Waals surface area contributed by atoms with Gasteiger partial charge in [-0.15, -0.1) is 0 Å². The Labute approximate surface area is 125 Å². The molecule has 3 rings (SSSR count). The molecule has 1 aromatic heterocycles. The molecule has 1 heterocycles. The van der Waals surface area contributed by atoms with Gasteiger partial charge in [0.05, 0.1) is 5.52 Å². The van der Waals surface area contributed by atoms with E-state index in [9.17, 15) is 0 Å². The van der Waals surface area contributed by atoms with Crippen LogP contribution in [0.2, 0.25) is 0 Å². The molecule has 2 aromatic carbocycles. The summed E-state index contributed by atoms with van der Waals surface area (Å²) in [7, 11) is 1.81. The van der Waals surface area contributed by atoms with Crippen molar-refractivity contribution in [2.24, 2.45) is 0 Å². The molecular formula is C15H13BrN4. The summed E-state index contributed by atoms with van der Waals surface area (Å²) in [5.41, 5.74) is 1.88. The highest BCUT2D eigenvalue weighted by atomic mass is 79.9. The number of rotatable bonds is 3. The molecule has 5 heteroatoms. The maximum atomic E-state index is 4.50. The second-order valence-electron chi connectivity index (χ2n) is 4.30. The van der Waals surface area contributed by atoms with Gasteiger partial charge < -0.3 is 10.6 Å². The molecule has 0 saturated carbocycles. The second kappa shape index (κ2) is 5.46. The molecule has 0 aliphatic rings. The molecule has 0 aliphatic heterocycles. The van der Waals surface area contributed by atoms with Gasteiger partial charge in [0.25, 0.3) is 0 Å². The minimum Gasteiger partial charge on any atom is -0.357 e. The molecule has 3 aromatic rings. The van der Waals surface area contributed by atoms with Crippen LogP contribution in [0.1, 0.15) is 0 Å². The first kappa shape index (κ1) is 12.9. The lowest BCUT2D eigenvalue weighted by atomic mass is 10.2. The van der Waals surface area contributed by atoms with E-state index in [1.165, 1.54) is 0 Å². The van der Waals surface area contributed by atoms with Gasteiger partial charge in [-0.25, -0.2) is 4.98 Å². The Morgan fingerprint density at radius 3 is 2.65 bits per heavy atom. The van der Waals surface area contributed by atoms with Gasteiger partial charge in [0.15, 0.2) is 0 Å². The van der Waals surface area contributed by atoms with Crippen molar-refractivity contribution < 1.29 is 0 Å². The number of fused-ring (bicyclic) bond motifs is 1. The molecule has 2 N–H and O–H groups in total. The van der Waals surface area contributed by atoms with Crippen molar-refractivity contribution >= 4 is 44.3 Å². The molecule has 100 valence electrons. The fourth-order valence-corrected chi connectivity index (χ4v) is 2.39. The van der Waals surface area contributed by atoms with Gasteiger partial charge in [-0.3, -0.25) is 0 Å². The predicted molar refractivity (Wildman–Crippen MR) is 86.5 cm³/mol. The summed E-state index contributed by atoms with van der Waals surface area (Å²) in [6.45, 7) is 0. The maximum absolute atomic E-state index is 4.50. The zero-order chi connectivity index (χ0) is 13.9. The average Bonchev–Trinajstić information content (AvgIpc) is 2.47. The smallest absolute Gasteiger partial charge is 0.224 e. The number of benzene rings is 2. The summed E-state index contributed by atoms with van der Waals surface area (Å²) in [6.07, 6.45) is 0. The number of nitrogens with zero attached hydrogens (tertiary/aromatic N) is 2. The molecule has 0 radical (unpaired) electrons. The van der Waals surface area contributed by atoms with E-state index in [-0.39, 0.29) is 0 Å². The molecule has 4 nitrogen and oxygen atoms in total. The van der Waals surface area contributed by atoms with Crippen LogP contribution in [-0.2, 0) is 0 Å². The largest absolute Gasteiger partial charge is 0.357 e. The van der Waals surface area contributed by atoms with E-state index in [1.54, 1.807) is 0 Å². The summed E-state index contributed by atoms with van der Waals surface area (Å²) >= 11 is 3.47. The van der Waals surface area contributed by atoms with Crippen LogP contribution in [0.4, 0.5) is 17.5 Å². The average molecular weight is 329 g/mol. The standard InChI is InChI=1S/C15H13BrN4/c1-17-15-19-13-8-3-2-7-12(13)14(20-15)18-11-6-4-5-10(16)9-11/h2-9H,1H3,(H2,17,18,19,20). The lowest BCUT2D eigenvalue weighted by Gasteiger charge is -2.10. The molecule has 0 unspecified atom stereocenters. The van der Waals surface area contributed by atoms with E-state index < -0.39 is 0 Å². The van der Waals surface area contributed by atoms with Crippen molar-refractivity contribution in [2.75, 3.05) is 17.7 Å². The van der Waals surface area contributed by atoms with Gasteiger partial charge in [0.1, 0.15) is 5.82 Å². The van der Waals surface area contributed by atoms with Crippen molar-refractivity contribution in [1.82, 2.24) is 9.97 Å². The number of para-hydroxylation sites is 1. The maximum Gasteiger partial charge on any atom is 0.224 e. The van der Waals surface area contributed by atoms with Gasteiger partial charge in [0.2, 0.25) is 5.95 Å². The van der Waals surface area contributed by atoms with Gasteiger partial charge in [-0.2, -0.15) is 4.98 Å². The Hall–Kier alpha value is -2.14. The van der Waals surface area contributed by atoms with E-state index >= 15 is 0 Å². The fourth-order valence-electron chi connectivity index (χ4n) is 1.99. The molecule has 0 aliphatic carbocycles. The van der Waals surface area contributed by atoms with Crippen LogP contribution in [0.15, 0.2) is 53.0 Å². The molecule has 0 amide bonds. The Morgan fingerprint density at radius 1 is 1.00 bits per heavy atom. The summed E-state index contributed by atoms with van der Waals surface area (Å²) in [5.74, 6) is 1.39. The molecule has 0 spiro atoms. The van der Waals surface area contributed by atoms with Crippen molar-refractivity contribution in [3.05, 3.63) is 53.0 Å². The monoisotopic (exact) mass is 328 g/mol. The van der Waals surface area contributed by atoms with Crippen LogP contribution >= 0.6 is 15.9 Å². The number of aromatic nitrogens is 2. The third-order valence-electron chi connectivity index (χ3n) is 2.91. The van der Waals surface area contributed by atoms with E-state index in [0.717, 1.165) is 26.9 Å². The van der Waals surface area contributed by atoms with Crippen molar-refractivity contribution in [2.45, 2.75) is 0 Å². The minimum absolute atomic E-state index is 0.598. The summed E-state index contributed by atoms with van der Waals surface area (Å²) < 4.78 is 1.02. The summed E-state index contributed by atoms with van der Waals surface area (Å²) in [6, 6.07) is 15.9. The summed E-state index contributed by atoms with van der Waals surface area (Å²) in [5, 5.41) is 7.32. The third kappa shape index (κ3) is 2.58. The van der Waals surface area contributed by atoms with Crippen LogP contribution in [0, 0.1) is 0 Å². The van der Waals surface area contributed by atoms with E-state index in [1.807, 2.05) is 55.6 Å². The van der Waals surface area contributed by atoms with Crippen LogP contribution < -0.4 is 10.6 Å². The van der Waals surface area contributed by atoms with Crippen molar-refractivity contribution in [1.29, 1.82) is 0 Å². The molecule has 0 saturated heterocycles. The lowest BCUT2D eigenvalue weighted by molar-refractivity contribution is 1.19. The van der Waals surface area contributed by atoms with Gasteiger partial charge >= 0.3 is 0 Å². The SMILES string of the molecule is CNc1nc(Nc2cccc(Br)c2)c2ccccc2n1. The highest BCUT2D eigenvalue weighted by Gasteiger charge is 2.07. The van der Waals surface area contributed by atoms with E-state index in [4.69, 9.17) is 0 Å². The Kier molecular flexibility index (Phi) is 3.52. The van der Waals surface area contributed by atoms with E-state index in [0.29, 0.717) is 5.95 Å². The number of hydrogen-bond acceptors (Lipinski definition) is 4. The van der Waals surface area contributed by atoms with Crippen LogP contribution in [0.3, 0.4) is 0 Å². The van der Waals surface area contributed by atoms with E-state index in [2.05, 4.69) is 36.5 Å². The first-order chi connectivity index (χ1) is 9.76. The second-order valence-corrected chi connectivity index (χ2v) is 5.21. The molecule has 20 heavy (non-hydrogen) atoms. The molecule has 0 fully saturated rings. The molecular weight excluding hydrogens is 316 g/mol. The minimum atomic E-state index is 0.598. The summed E-state index contributed by atoms with van der Waals surface area (Å²) in [4.78, 5) is 8.94. The normalized spacial score (nSPS) is 10.5. The molecule has 0 bridgehead atoms. The number of nitrogens with one attached hydrogen (secondary N) is 2. The van der Waals surface area contributed by atoms with Crippen LogP contribution in [0.25, 0.3) is 10.9 Å². The number of anilines is 3. The number of hydrogen-bond donors (Lipinski definition) is 2. The quantitative estimate of drug-likeness (QED) is 0.757. The lowest BCUT2D eigenvalue weighted by Crippen LogP contribution is -2.01. The Bertz CT molecular complexity index is 758. The molecule has 0 atom stereocenters. The van der Waals surface area contributed by atoms with Crippen LogP contribution in [0.5, 0.6) is 0 Å². The highest BCUT2D eigenvalue weighted by molar-refractivity contribution is 9.10. The topological polar surface area (TPSA) is 49.8 Å². The van der Waals surface area contributed by atoms with Gasteiger partial charge in [-0.05, 0) is 30.3 Å². The van der Waals surface area contributed by atoms with Gasteiger partial charge in [0, 0.05) is 22.6 Å². The predicted octanol–water partition coefficient (Wildman–Crippen LogP) is 4.18. The zero-order valence-corrected chi connectivity index (χ0v) is 12.5. The van der Waals surface area contributed by atoms with Crippen molar-refractivity contribution in [3.63, 3.8) is 0 Å². The first-order valence-corrected chi connectivity index (χ1v) is 7.03. The number of halogens is 1. The Balaban J connectivity index is 2.10. The van der Waals surface area contributed by atoms with Crippen LogP contribution in [-0.4, -0.2) is 17.0 Å². The zero-order valence-electron chi connectivity index (χ0n) is 10.9. The van der Waals surface area contributed by atoms with Gasteiger partial charge in [-0.1, -0.05) is 34.1 Å². The Morgan fingerprint density at radius 2 is 1.85 bits per heavy atom. The fraction of sp³-hybridized carbons (Fsp3) is 0.0667. The van der Waals surface area contributed by atoms with Crippen molar-refractivity contribution in [3.8, 4) is 0 Å². The highest BCUT2D eigenvalue weighted by Crippen LogP contribution is 2.26. The third-order valence-corrected chi connectivity index (χ3v) is 3.41.